The molecular formula is C25H28F2N2O4. The van der Waals surface area contributed by atoms with Crippen LogP contribution in [0.2, 0.25) is 0 Å². The van der Waals surface area contributed by atoms with Crippen LogP contribution in [0.4, 0.5) is 19.3 Å². The average molecular weight is 459 g/mol. The summed E-state index contributed by atoms with van der Waals surface area (Å²) < 4.78 is 32.8. The third-order valence-corrected chi connectivity index (χ3v) is 4.94. The molecule has 0 radical (unpaired) electrons. The van der Waals surface area contributed by atoms with Crippen LogP contribution in [0.3, 0.4) is 0 Å². The molecule has 0 saturated carbocycles. The molecule has 2 rings (SSSR count). The molecule has 0 aliphatic heterocycles. The molecule has 0 heterocycles. The molecule has 2 aromatic rings. The quantitative estimate of drug-likeness (QED) is 0.610. The standard InChI is InChI=1S/C25H28F2N2O4/c1-6-7-12-28(20-8-10-21(33-5)11-9-20)23(30)22(29(24(31)32)25(2,3)4)15-17-13-18(26)16-19(27)14-17/h8-11,13-14,16,22H,12,15H2,1-5H3,(H,31,32)/t22-/m0/s1. The third kappa shape index (κ3) is 6.69. The SMILES string of the molecule is CC#CCN(C(=O)[C@H](Cc1cc(F)cc(F)c1)N(C(=O)O)C(C)(C)C)c1ccc(OC)cc1. The van der Waals surface area contributed by atoms with E-state index in [1.807, 2.05) is 0 Å². The maximum absolute atomic E-state index is 13.8. The van der Waals surface area contributed by atoms with Crippen LogP contribution in [0.5, 0.6) is 5.75 Å². The number of hydrogen-bond donors (Lipinski definition) is 1. The number of ether oxygens (including phenoxy) is 1. The van der Waals surface area contributed by atoms with Gasteiger partial charge in [0.1, 0.15) is 23.4 Å². The molecule has 0 aliphatic rings. The maximum Gasteiger partial charge on any atom is 0.408 e. The zero-order valence-electron chi connectivity index (χ0n) is 19.4. The highest BCUT2D eigenvalue weighted by atomic mass is 19.1. The van der Waals surface area contributed by atoms with Crippen molar-refractivity contribution in [1.29, 1.82) is 0 Å². The van der Waals surface area contributed by atoms with Crippen molar-refractivity contribution in [3.05, 3.63) is 59.7 Å². The number of carbonyl (C=O) groups excluding carboxylic acids is 1. The van der Waals surface area contributed by atoms with Gasteiger partial charge >= 0.3 is 6.09 Å². The number of benzene rings is 2. The highest BCUT2D eigenvalue weighted by Crippen LogP contribution is 2.26. The van der Waals surface area contributed by atoms with E-state index in [9.17, 15) is 23.5 Å². The zero-order chi connectivity index (χ0) is 24.8. The van der Waals surface area contributed by atoms with Crippen LogP contribution in [-0.2, 0) is 11.2 Å². The summed E-state index contributed by atoms with van der Waals surface area (Å²) in [6, 6.07) is 8.31. The number of carboxylic acid groups (broad SMARTS) is 1. The molecular weight excluding hydrogens is 430 g/mol. The van der Waals surface area contributed by atoms with Gasteiger partial charge in [0.05, 0.1) is 13.7 Å². The van der Waals surface area contributed by atoms with E-state index in [0.29, 0.717) is 11.4 Å². The van der Waals surface area contributed by atoms with Crippen LogP contribution in [0.15, 0.2) is 42.5 Å². The van der Waals surface area contributed by atoms with Crippen molar-refractivity contribution in [3.63, 3.8) is 0 Å². The summed E-state index contributed by atoms with van der Waals surface area (Å²) in [6.07, 6.45) is -1.54. The lowest BCUT2D eigenvalue weighted by atomic mass is 9.97. The molecule has 0 aliphatic carbocycles. The average Bonchev–Trinajstić information content (AvgIpc) is 2.71. The Balaban J connectivity index is 2.59. The highest BCUT2D eigenvalue weighted by Gasteiger charge is 2.39. The molecule has 1 atom stereocenters. The Labute approximate surface area is 192 Å². The number of rotatable bonds is 7. The van der Waals surface area contributed by atoms with Crippen molar-refractivity contribution in [2.45, 2.75) is 45.7 Å². The van der Waals surface area contributed by atoms with E-state index in [-0.39, 0.29) is 18.5 Å². The molecule has 0 unspecified atom stereocenters. The molecule has 0 fully saturated rings. The van der Waals surface area contributed by atoms with E-state index < -0.39 is 35.2 Å². The smallest absolute Gasteiger partial charge is 0.408 e. The van der Waals surface area contributed by atoms with Gasteiger partial charge in [-0.15, -0.1) is 5.92 Å². The minimum absolute atomic E-state index is 0.00722. The normalized spacial score (nSPS) is 11.7. The second-order valence-electron chi connectivity index (χ2n) is 8.37. The lowest BCUT2D eigenvalue weighted by molar-refractivity contribution is -0.124. The van der Waals surface area contributed by atoms with Crippen LogP contribution in [0.1, 0.15) is 33.3 Å². The molecule has 0 spiro atoms. The second kappa shape index (κ2) is 10.8. The van der Waals surface area contributed by atoms with E-state index in [2.05, 4.69) is 11.8 Å². The Bertz CT molecular complexity index is 1030. The van der Waals surface area contributed by atoms with Gasteiger partial charge in [-0.2, -0.15) is 0 Å². The number of nitrogens with zero attached hydrogens (tertiary/aromatic N) is 2. The third-order valence-electron chi connectivity index (χ3n) is 4.94. The Morgan fingerprint density at radius 2 is 1.67 bits per heavy atom. The number of anilines is 1. The zero-order valence-corrected chi connectivity index (χ0v) is 19.4. The van der Waals surface area contributed by atoms with Crippen LogP contribution in [-0.4, -0.2) is 47.2 Å². The fraction of sp³-hybridized carbons (Fsp3) is 0.360. The lowest BCUT2D eigenvalue weighted by Gasteiger charge is -2.40. The van der Waals surface area contributed by atoms with Crippen molar-refractivity contribution in [2.24, 2.45) is 0 Å². The fourth-order valence-corrected chi connectivity index (χ4v) is 3.53. The maximum atomic E-state index is 13.8. The molecule has 176 valence electrons. The van der Waals surface area contributed by atoms with Crippen LogP contribution in [0.25, 0.3) is 0 Å². The highest BCUT2D eigenvalue weighted by molar-refractivity contribution is 5.99. The molecule has 0 bridgehead atoms. The second-order valence-corrected chi connectivity index (χ2v) is 8.37. The first-order valence-electron chi connectivity index (χ1n) is 10.3. The van der Waals surface area contributed by atoms with Crippen molar-refractivity contribution >= 4 is 17.7 Å². The first-order valence-corrected chi connectivity index (χ1v) is 10.3. The summed E-state index contributed by atoms with van der Waals surface area (Å²) in [4.78, 5) is 28.4. The van der Waals surface area contributed by atoms with Gasteiger partial charge in [-0.3, -0.25) is 14.6 Å². The van der Waals surface area contributed by atoms with Crippen LogP contribution < -0.4 is 9.64 Å². The molecule has 2 amide bonds. The van der Waals surface area contributed by atoms with Crippen molar-refractivity contribution < 1.29 is 28.2 Å². The summed E-state index contributed by atoms with van der Waals surface area (Å²) in [7, 11) is 1.52. The summed E-state index contributed by atoms with van der Waals surface area (Å²) in [5.74, 6) is 3.98. The van der Waals surface area contributed by atoms with Crippen LogP contribution >= 0.6 is 0 Å². The van der Waals surface area contributed by atoms with Crippen molar-refractivity contribution in [1.82, 2.24) is 4.90 Å². The number of carbonyl (C=O) groups is 2. The molecule has 2 aromatic carbocycles. The number of amides is 2. The Morgan fingerprint density at radius 1 is 1.09 bits per heavy atom. The topological polar surface area (TPSA) is 70.1 Å². The number of hydrogen-bond acceptors (Lipinski definition) is 3. The number of halogens is 2. The summed E-state index contributed by atoms with van der Waals surface area (Å²) >= 11 is 0. The van der Waals surface area contributed by atoms with E-state index >= 15 is 0 Å². The van der Waals surface area contributed by atoms with Crippen molar-refractivity contribution in [2.75, 3.05) is 18.6 Å². The van der Waals surface area contributed by atoms with E-state index in [0.717, 1.165) is 23.1 Å². The molecule has 0 aromatic heterocycles. The van der Waals surface area contributed by atoms with Gasteiger partial charge in [0, 0.05) is 23.7 Å². The van der Waals surface area contributed by atoms with Crippen molar-refractivity contribution in [3.8, 4) is 17.6 Å². The van der Waals surface area contributed by atoms with E-state index in [1.165, 1.54) is 12.0 Å². The minimum atomic E-state index is -1.33. The predicted molar refractivity (Wildman–Crippen MR) is 122 cm³/mol. The van der Waals surface area contributed by atoms with E-state index in [4.69, 9.17) is 4.74 Å². The summed E-state index contributed by atoms with van der Waals surface area (Å²) in [6.45, 7) is 6.58. The first kappa shape index (κ1) is 25.7. The largest absolute Gasteiger partial charge is 0.497 e. The monoisotopic (exact) mass is 458 g/mol. The Kier molecular flexibility index (Phi) is 8.41. The molecule has 1 N–H and O–H groups in total. The van der Waals surface area contributed by atoms with Gasteiger partial charge in [-0.25, -0.2) is 13.6 Å². The summed E-state index contributed by atoms with van der Waals surface area (Å²) in [5, 5.41) is 9.97. The summed E-state index contributed by atoms with van der Waals surface area (Å²) in [5.41, 5.74) is -0.323. The van der Waals surface area contributed by atoms with Gasteiger partial charge in [0.2, 0.25) is 0 Å². The number of methoxy groups -OCH3 is 1. The van der Waals surface area contributed by atoms with E-state index in [1.54, 1.807) is 52.0 Å². The lowest BCUT2D eigenvalue weighted by Crippen LogP contribution is -2.58. The van der Waals surface area contributed by atoms with Crippen LogP contribution in [0, 0.1) is 23.5 Å². The van der Waals surface area contributed by atoms with Gasteiger partial charge < -0.3 is 9.84 Å². The Hall–Kier alpha value is -3.60. The molecule has 33 heavy (non-hydrogen) atoms. The van der Waals surface area contributed by atoms with Gasteiger partial charge in [0.15, 0.2) is 0 Å². The molecule has 0 saturated heterocycles. The first-order chi connectivity index (χ1) is 15.5. The van der Waals surface area contributed by atoms with Gasteiger partial charge in [-0.05, 0) is 69.7 Å². The minimum Gasteiger partial charge on any atom is -0.497 e. The molecule has 6 nitrogen and oxygen atoms in total. The fourth-order valence-electron chi connectivity index (χ4n) is 3.53. The van der Waals surface area contributed by atoms with Gasteiger partial charge in [-0.1, -0.05) is 5.92 Å². The predicted octanol–water partition coefficient (Wildman–Crippen LogP) is 4.72. The Morgan fingerprint density at radius 3 is 2.12 bits per heavy atom. The molecule has 8 heteroatoms. The van der Waals surface area contributed by atoms with Gasteiger partial charge in [0.25, 0.3) is 5.91 Å².